The summed E-state index contributed by atoms with van der Waals surface area (Å²) >= 11 is 0. The number of halogens is 3. The van der Waals surface area contributed by atoms with E-state index in [1.54, 1.807) is 0 Å². The summed E-state index contributed by atoms with van der Waals surface area (Å²) in [4.78, 5) is 12.6. The van der Waals surface area contributed by atoms with Gasteiger partial charge in [0.1, 0.15) is 6.42 Å². The number of likely N-dealkylation sites (tertiary alicyclic amines) is 1. The number of rotatable bonds is 1. The lowest BCUT2D eigenvalue weighted by Gasteiger charge is -2.19. The third-order valence-electron chi connectivity index (χ3n) is 3.52. The van der Waals surface area contributed by atoms with Crippen LogP contribution in [0.3, 0.4) is 0 Å². The Morgan fingerprint density at radius 2 is 2.00 bits per heavy atom. The van der Waals surface area contributed by atoms with E-state index < -0.39 is 24.6 Å². The maximum absolute atomic E-state index is 12.0. The van der Waals surface area contributed by atoms with Crippen molar-refractivity contribution in [1.82, 2.24) is 4.90 Å². The molecular weight excluding hydrogens is 223 g/mol. The molecule has 0 aromatic carbocycles. The summed E-state index contributed by atoms with van der Waals surface area (Å²) in [5.74, 6) is -0.696. The number of aliphatic hydroxyl groups is 1. The zero-order chi connectivity index (χ0) is 11.9. The second kappa shape index (κ2) is 3.91. The summed E-state index contributed by atoms with van der Waals surface area (Å²) in [5, 5.41) is 9.57. The van der Waals surface area contributed by atoms with E-state index in [2.05, 4.69) is 0 Å². The summed E-state index contributed by atoms with van der Waals surface area (Å²) < 4.78 is 36.1. The van der Waals surface area contributed by atoms with Crippen molar-refractivity contribution in [2.45, 2.75) is 31.5 Å². The normalized spacial score (nSPS) is 34.2. The van der Waals surface area contributed by atoms with Gasteiger partial charge in [-0.1, -0.05) is 0 Å². The second-order valence-electron chi connectivity index (χ2n) is 4.66. The van der Waals surface area contributed by atoms with Crippen molar-refractivity contribution in [3.8, 4) is 0 Å². The van der Waals surface area contributed by atoms with Crippen molar-refractivity contribution in [3.05, 3.63) is 0 Å². The van der Waals surface area contributed by atoms with Crippen LogP contribution < -0.4 is 0 Å². The van der Waals surface area contributed by atoms with Gasteiger partial charge in [-0.25, -0.2) is 0 Å². The van der Waals surface area contributed by atoms with Gasteiger partial charge in [0.2, 0.25) is 5.91 Å². The molecule has 6 heteroatoms. The van der Waals surface area contributed by atoms with E-state index in [4.69, 9.17) is 0 Å². The zero-order valence-electron chi connectivity index (χ0n) is 8.70. The smallest absolute Gasteiger partial charge is 0.393 e. The topological polar surface area (TPSA) is 40.5 Å². The second-order valence-corrected chi connectivity index (χ2v) is 4.66. The summed E-state index contributed by atoms with van der Waals surface area (Å²) in [5.41, 5.74) is 0. The van der Waals surface area contributed by atoms with Gasteiger partial charge in [-0.15, -0.1) is 0 Å². The third kappa shape index (κ3) is 2.31. The molecule has 0 radical (unpaired) electrons. The minimum atomic E-state index is -4.44. The number of nitrogens with zero attached hydrogens (tertiary/aromatic N) is 1. The molecule has 3 atom stereocenters. The highest BCUT2D eigenvalue weighted by Crippen LogP contribution is 2.38. The summed E-state index contributed by atoms with van der Waals surface area (Å²) in [6.45, 7) is 0.650. The van der Waals surface area contributed by atoms with Gasteiger partial charge in [0.05, 0.1) is 6.10 Å². The molecule has 16 heavy (non-hydrogen) atoms. The Kier molecular flexibility index (Phi) is 2.86. The van der Waals surface area contributed by atoms with E-state index >= 15 is 0 Å². The number of hydrogen-bond acceptors (Lipinski definition) is 2. The maximum atomic E-state index is 12.0. The number of carbonyl (C=O) groups is 1. The van der Waals surface area contributed by atoms with Crippen molar-refractivity contribution in [3.63, 3.8) is 0 Å². The number of hydrogen-bond donors (Lipinski definition) is 1. The number of fused-ring (bicyclic) bond motifs is 1. The fourth-order valence-electron chi connectivity index (χ4n) is 2.72. The van der Waals surface area contributed by atoms with Crippen molar-refractivity contribution in [2.24, 2.45) is 11.8 Å². The summed E-state index contributed by atoms with van der Waals surface area (Å²) in [7, 11) is 0. The molecule has 0 aromatic heterocycles. The van der Waals surface area contributed by atoms with Crippen LogP contribution in [-0.2, 0) is 4.79 Å². The maximum Gasteiger partial charge on any atom is 0.397 e. The van der Waals surface area contributed by atoms with Gasteiger partial charge in [-0.2, -0.15) is 13.2 Å². The van der Waals surface area contributed by atoms with Crippen molar-refractivity contribution in [1.29, 1.82) is 0 Å². The highest BCUT2D eigenvalue weighted by atomic mass is 19.4. The van der Waals surface area contributed by atoms with Crippen molar-refractivity contribution >= 4 is 5.91 Å². The van der Waals surface area contributed by atoms with Crippen LogP contribution in [0.1, 0.15) is 19.3 Å². The molecule has 0 aromatic rings. The van der Waals surface area contributed by atoms with Gasteiger partial charge in [-0.3, -0.25) is 4.79 Å². The quantitative estimate of drug-likeness (QED) is 0.743. The molecule has 3 unspecified atom stereocenters. The molecule has 92 valence electrons. The molecule has 2 fully saturated rings. The Balaban J connectivity index is 1.92. The van der Waals surface area contributed by atoms with Crippen LogP contribution in [0, 0.1) is 11.8 Å². The van der Waals surface area contributed by atoms with E-state index in [1.165, 1.54) is 4.90 Å². The highest BCUT2D eigenvalue weighted by molar-refractivity contribution is 5.77. The average Bonchev–Trinajstić information content (AvgIpc) is 2.65. The largest absolute Gasteiger partial charge is 0.397 e. The molecule has 1 saturated heterocycles. The molecule has 0 bridgehead atoms. The lowest BCUT2D eigenvalue weighted by atomic mass is 10.00. The Morgan fingerprint density at radius 1 is 1.31 bits per heavy atom. The van der Waals surface area contributed by atoms with Crippen LogP contribution in [0.15, 0.2) is 0 Å². The predicted octanol–water partition coefficient (Wildman–Crippen LogP) is 1.17. The van der Waals surface area contributed by atoms with Crippen LogP contribution in [-0.4, -0.2) is 41.3 Å². The van der Waals surface area contributed by atoms with E-state index in [0.717, 1.165) is 6.42 Å². The van der Waals surface area contributed by atoms with Crippen LogP contribution in [0.4, 0.5) is 13.2 Å². The number of amides is 1. The first kappa shape index (κ1) is 11.7. The number of carbonyl (C=O) groups excluding carboxylic acids is 1. The van der Waals surface area contributed by atoms with E-state index in [9.17, 15) is 23.1 Å². The predicted molar refractivity (Wildman–Crippen MR) is 49.5 cm³/mol. The van der Waals surface area contributed by atoms with Gasteiger partial charge in [0.15, 0.2) is 0 Å². The Hall–Kier alpha value is -0.780. The first-order chi connectivity index (χ1) is 7.37. The van der Waals surface area contributed by atoms with Gasteiger partial charge in [0.25, 0.3) is 0 Å². The minimum Gasteiger partial charge on any atom is -0.393 e. The van der Waals surface area contributed by atoms with Crippen molar-refractivity contribution in [2.75, 3.05) is 13.1 Å². The zero-order valence-corrected chi connectivity index (χ0v) is 8.70. The van der Waals surface area contributed by atoms with Crippen LogP contribution >= 0.6 is 0 Å². The molecule has 1 heterocycles. The van der Waals surface area contributed by atoms with Crippen molar-refractivity contribution < 1.29 is 23.1 Å². The number of aliphatic hydroxyl groups excluding tert-OH is 1. The average molecular weight is 237 g/mol. The minimum absolute atomic E-state index is 0.0165. The SMILES string of the molecule is O=C(CC(F)(F)F)N1CC2CCC(O)C2C1. The van der Waals surface area contributed by atoms with Gasteiger partial charge in [0, 0.05) is 19.0 Å². The van der Waals surface area contributed by atoms with Crippen LogP contribution in [0.25, 0.3) is 0 Å². The molecule has 1 aliphatic carbocycles. The Bertz CT molecular complexity index is 292. The van der Waals surface area contributed by atoms with Crippen LogP contribution in [0.5, 0.6) is 0 Å². The van der Waals surface area contributed by atoms with Gasteiger partial charge in [-0.05, 0) is 18.8 Å². The molecular formula is C10H14F3NO2. The fourth-order valence-corrected chi connectivity index (χ4v) is 2.72. The molecule has 1 N–H and O–H groups in total. The fraction of sp³-hybridized carbons (Fsp3) is 0.900. The lowest BCUT2D eigenvalue weighted by molar-refractivity contribution is -0.160. The van der Waals surface area contributed by atoms with E-state index in [0.29, 0.717) is 13.0 Å². The first-order valence-corrected chi connectivity index (χ1v) is 5.39. The molecule has 1 aliphatic heterocycles. The van der Waals surface area contributed by atoms with Gasteiger partial charge >= 0.3 is 6.18 Å². The van der Waals surface area contributed by atoms with Crippen LogP contribution in [0.2, 0.25) is 0 Å². The number of alkyl halides is 3. The van der Waals surface area contributed by atoms with E-state index in [1.807, 2.05) is 0 Å². The van der Waals surface area contributed by atoms with E-state index in [-0.39, 0.29) is 18.4 Å². The van der Waals surface area contributed by atoms with Gasteiger partial charge < -0.3 is 10.0 Å². The molecule has 2 aliphatic rings. The molecule has 3 nitrogen and oxygen atoms in total. The monoisotopic (exact) mass is 237 g/mol. The third-order valence-corrected chi connectivity index (χ3v) is 3.52. The molecule has 1 saturated carbocycles. The highest BCUT2D eigenvalue weighted by Gasteiger charge is 2.44. The first-order valence-electron chi connectivity index (χ1n) is 5.39. The summed E-state index contributed by atoms with van der Waals surface area (Å²) in [6.07, 6.45) is -4.76. The summed E-state index contributed by atoms with van der Waals surface area (Å²) in [6, 6.07) is 0. The molecule has 2 rings (SSSR count). The lowest BCUT2D eigenvalue weighted by Crippen LogP contribution is -2.34. The molecule has 0 spiro atoms. The molecule has 1 amide bonds. The Morgan fingerprint density at radius 3 is 2.56 bits per heavy atom. The standard InChI is InChI=1S/C10H14F3NO2/c11-10(12,13)3-9(16)14-4-6-1-2-8(15)7(6)5-14/h6-8,15H,1-5H2. The Labute approximate surface area is 91.2 Å².